The summed E-state index contributed by atoms with van der Waals surface area (Å²) in [6, 6.07) is 0. The van der Waals surface area contributed by atoms with Crippen LogP contribution in [-0.2, 0) is 14.3 Å². The third kappa shape index (κ3) is 1.48. The lowest BCUT2D eigenvalue weighted by atomic mass is 10.4. The van der Waals surface area contributed by atoms with E-state index in [0.29, 0.717) is 6.61 Å². The predicted molar refractivity (Wildman–Crippen MR) is 33.4 cm³/mol. The Morgan fingerprint density at radius 2 is 2.30 bits per heavy atom. The molecule has 2 aliphatic rings. The SMILES string of the molecule is O=C(OCC1CO1)C1CC1. The molecule has 3 heteroatoms. The van der Waals surface area contributed by atoms with Crippen LogP contribution >= 0.6 is 0 Å². The second kappa shape index (κ2) is 2.23. The van der Waals surface area contributed by atoms with Gasteiger partial charge in [-0.25, -0.2) is 0 Å². The zero-order valence-electron chi connectivity index (χ0n) is 5.71. The summed E-state index contributed by atoms with van der Waals surface area (Å²) in [5.74, 6) is 0.189. The highest BCUT2D eigenvalue weighted by molar-refractivity contribution is 5.74. The maximum absolute atomic E-state index is 10.9. The normalized spacial score (nSPS) is 29.8. The number of hydrogen-bond acceptors (Lipinski definition) is 3. The minimum Gasteiger partial charge on any atom is -0.463 e. The fourth-order valence-electron chi connectivity index (χ4n) is 0.776. The van der Waals surface area contributed by atoms with Crippen LogP contribution < -0.4 is 0 Å². The van der Waals surface area contributed by atoms with Crippen molar-refractivity contribution in [3.8, 4) is 0 Å². The van der Waals surface area contributed by atoms with Crippen LogP contribution in [0.1, 0.15) is 12.8 Å². The molecule has 2 rings (SSSR count). The largest absolute Gasteiger partial charge is 0.463 e. The molecule has 1 unspecified atom stereocenters. The number of hydrogen-bond donors (Lipinski definition) is 0. The van der Waals surface area contributed by atoms with E-state index in [1.54, 1.807) is 0 Å². The molecule has 2 fully saturated rings. The minimum absolute atomic E-state index is 0.0319. The van der Waals surface area contributed by atoms with Crippen LogP contribution in [-0.4, -0.2) is 25.3 Å². The van der Waals surface area contributed by atoms with Crippen LogP contribution in [0.2, 0.25) is 0 Å². The van der Waals surface area contributed by atoms with Gasteiger partial charge >= 0.3 is 5.97 Å². The van der Waals surface area contributed by atoms with Crippen LogP contribution in [0, 0.1) is 5.92 Å². The number of epoxide rings is 1. The van der Waals surface area contributed by atoms with Gasteiger partial charge in [-0.3, -0.25) is 4.79 Å². The molecule has 0 N–H and O–H groups in total. The summed E-state index contributed by atoms with van der Waals surface area (Å²) in [6.07, 6.45) is 2.25. The molecule has 0 spiro atoms. The van der Waals surface area contributed by atoms with Crippen LogP contribution in [0.3, 0.4) is 0 Å². The highest BCUT2D eigenvalue weighted by atomic mass is 16.6. The van der Waals surface area contributed by atoms with Gasteiger partial charge in [0.2, 0.25) is 0 Å². The van der Waals surface area contributed by atoms with Gasteiger partial charge in [0.15, 0.2) is 0 Å². The zero-order valence-corrected chi connectivity index (χ0v) is 5.71. The van der Waals surface area contributed by atoms with Crippen molar-refractivity contribution in [3.05, 3.63) is 0 Å². The molecule has 10 heavy (non-hydrogen) atoms. The quantitative estimate of drug-likeness (QED) is 0.421. The van der Waals surface area contributed by atoms with Crippen LogP contribution in [0.15, 0.2) is 0 Å². The molecule has 0 radical (unpaired) electrons. The molecule has 0 aromatic rings. The molecule has 0 aromatic carbocycles. The summed E-state index contributed by atoms with van der Waals surface area (Å²) in [5, 5.41) is 0. The van der Waals surface area contributed by atoms with Crippen LogP contribution in [0.5, 0.6) is 0 Å². The Morgan fingerprint density at radius 1 is 1.60 bits per heavy atom. The molecule has 1 heterocycles. The summed E-state index contributed by atoms with van der Waals surface area (Å²) < 4.78 is 9.81. The van der Waals surface area contributed by atoms with Crippen molar-refractivity contribution in [2.75, 3.05) is 13.2 Å². The molecule has 1 aliphatic heterocycles. The van der Waals surface area contributed by atoms with Gasteiger partial charge in [0.05, 0.1) is 12.5 Å². The third-order valence-electron chi connectivity index (χ3n) is 1.72. The van der Waals surface area contributed by atoms with E-state index in [2.05, 4.69) is 0 Å². The Hall–Kier alpha value is -0.570. The lowest BCUT2D eigenvalue weighted by molar-refractivity contribution is -0.145. The molecule has 56 valence electrons. The predicted octanol–water partition coefficient (Wildman–Crippen LogP) is 0.338. The summed E-state index contributed by atoms with van der Waals surface area (Å²) in [4.78, 5) is 10.9. The first-order valence-corrected chi connectivity index (χ1v) is 3.64. The van der Waals surface area contributed by atoms with Gasteiger partial charge in [-0.15, -0.1) is 0 Å². The highest BCUT2D eigenvalue weighted by Crippen LogP contribution is 2.30. The Morgan fingerprint density at radius 3 is 2.80 bits per heavy atom. The van der Waals surface area contributed by atoms with Crippen molar-refractivity contribution in [3.63, 3.8) is 0 Å². The van der Waals surface area contributed by atoms with Gasteiger partial charge in [0, 0.05) is 0 Å². The van der Waals surface area contributed by atoms with Gasteiger partial charge in [-0.2, -0.15) is 0 Å². The Kier molecular flexibility index (Phi) is 1.38. The molecule has 1 aliphatic carbocycles. The van der Waals surface area contributed by atoms with E-state index >= 15 is 0 Å². The molecule has 0 bridgehead atoms. The molecule has 0 aromatic heterocycles. The molecule has 3 nitrogen and oxygen atoms in total. The lowest BCUT2D eigenvalue weighted by Gasteiger charge is -1.98. The van der Waals surface area contributed by atoms with Gasteiger partial charge in [0.1, 0.15) is 12.7 Å². The van der Waals surface area contributed by atoms with E-state index in [9.17, 15) is 4.79 Å². The summed E-state index contributed by atoms with van der Waals surface area (Å²) in [7, 11) is 0. The van der Waals surface area contributed by atoms with Gasteiger partial charge < -0.3 is 9.47 Å². The number of ether oxygens (including phenoxy) is 2. The maximum Gasteiger partial charge on any atom is 0.309 e. The standard InChI is InChI=1S/C7H10O3/c8-7(5-1-2-5)10-4-6-3-9-6/h5-6H,1-4H2. The first kappa shape index (κ1) is 6.16. The monoisotopic (exact) mass is 142 g/mol. The van der Waals surface area contributed by atoms with E-state index < -0.39 is 0 Å². The Labute approximate surface area is 59.3 Å². The van der Waals surface area contributed by atoms with E-state index in [0.717, 1.165) is 19.4 Å². The van der Waals surface area contributed by atoms with Crippen molar-refractivity contribution in [2.24, 2.45) is 5.92 Å². The number of rotatable bonds is 3. The van der Waals surface area contributed by atoms with E-state index in [4.69, 9.17) is 9.47 Å². The molecule has 1 atom stereocenters. The van der Waals surface area contributed by atoms with Crippen molar-refractivity contribution >= 4 is 5.97 Å². The topological polar surface area (TPSA) is 38.8 Å². The van der Waals surface area contributed by atoms with Gasteiger partial charge in [-0.1, -0.05) is 0 Å². The maximum atomic E-state index is 10.9. The average molecular weight is 142 g/mol. The van der Waals surface area contributed by atoms with Crippen LogP contribution in [0.4, 0.5) is 0 Å². The first-order valence-electron chi connectivity index (χ1n) is 3.64. The summed E-state index contributed by atoms with van der Waals surface area (Å²) in [6.45, 7) is 1.23. The number of esters is 1. The van der Waals surface area contributed by atoms with Crippen molar-refractivity contribution in [2.45, 2.75) is 18.9 Å². The van der Waals surface area contributed by atoms with Gasteiger partial charge in [0.25, 0.3) is 0 Å². The van der Waals surface area contributed by atoms with Gasteiger partial charge in [-0.05, 0) is 12.8 Å². The van der Waals surface area contributed by atoms with E-state index in [1.807, 2.05) is 0 Å². The Balaban J connectivity index is 1.63. The first-order chi connectivity index (χ1) is 4.86. The molecule has 1 saturated carbocycles. The third-order valence-corrected chi connectivity index (χ3v) is 1.72. The fraction of sp³-hybridized carbons (Fsp3) is 0.857. The van der Waals surface area contributed by atoms with E-state index in [1.165, 1.54) is 0 Å². The Bertz CT molecular complexity index is 147. The van der Waals surface area contributed by atoms with Crippen molar-refractivity contribution in [1.29, 1.82) is 0 Å². The summed E-state index contributed by atoms with van der Waals surface area (Å²) >= 11 is 0. The van der Waals surface area contributed by atoms with Crippen molar-refractivity contribution in [1.82, 2.24) is 0 Å². The average Bonchev–Trinajstić information content (AvgIpc) is 2.76. The second-order valence-corrected chi connectivity index (χ2v) is 2.86. The zero-order chi connectivity index (χ0) is 6.97. The van der Waals surface area contributed by atoms with Crippen molar-refractivity contribution < 1.29 is 14.3 Å². The lowest BCUT2D eigenvalue weighted by Crippen LogP contribution is -2.10. The number of carbonyl (C=O) groups excluding carboxylic acids is 1. The van der Waals surface area contributed by atoms with Crippen LogP contribution in [0.25, 0.3) is 0 Å². The molecular formula is C7H10O3. The summed E-state index contributed by atoms with van der Waals surface area (Å²) in [5.41, 5.74) is 0. The number of carbonyl (C=O) groups is 1. The fourth-order valence-corrected chi connectivity index (χ4v) is 0.776. The molecular weight excluding hydrogens is 132 g/mol. The van der Waals surface area contributed by atoms with E-state index in [-0.39, 0.29) is 18.0 Å². The smallest absolute Gasteiger partial charge is 0.309 e. The minimum atomic E-state index is -0.0319. The molecule has 1 saturated heterocycles. The second-order valence-electron chi connectivity index (χ2n) is 2.86. The molecule has 0 amide bonds. The highest BCUT2D eigenvalue weighted by Gasteiger charge is 2.33.